The first-order valence-corrected chi connectivity index (χ1v) is 6.60. The number of halogens is 1. The maximum Gasteiger partial charge on any atom is 0.0526 e. The highest BCUT2D eigenvalue weighted by Gasteiger charge is 2.13. The van der Waals surface area contributed by atoms with Gasteiger partial charge in [-0.1, -0.05) is 30.7 Å². The van der Waals surface area contributed by atoms with Gasteiger partial charge in [0.15, 0.2) is 0 Å². The van der Waals surface area contributed by atoms with Crippen LogP contribution in [0.25, 0.3) is 0 Å². The van der Waals surface area contributed by atoms with E-state index in [1.54, 1.807) is 0 Å². The minimum absolute atomic E-state index is 0.264. The Bertz CT molecular complexity index is 323. The molecule has 0 spiro atoms. The number of hydrogen-bond acceptors (Lipinski definition) is 2. The fraction of sp³-hybridized carbons (Fsp3) is 0.571. The van der Waals surface area contributed by atoms with Gasteiger partial charge in [-0.2, -0.15) is 0 Å². The smallest absolute Gasteiger partial charge is 0.0526 e. The molecule has 0 saturated carbocycles. The molecule has 3 atom stereocenters. The van der Waals surface area contributed by atoms with E-state index in [0.29, 0.717) is 12.1 Å². The predicted octanol–water partition coefficient (Wildman–Crippen LogP) is 3.54. The Morgan fingerprint density at radius 3 is 2.29 bits per heavy atom. The first kappa shape index (κ1) is 14.5. The van der Waals surface area contributed by atoms with Gasteiger partial charge in [0, 0.05) is 17.1 Å². The molecule has 1 aromatic rings. The van der Waals surface area contributed by atoms with Crippen LogP contribution in [0.1, 0.15) is 45.2 Å². The summed E-state index contributed by atoms with van der Waals surface area (Å²) in [5.74, 6) is 0. The summed E-state index contributed by atoms with van der Waals surface area (Å²) in [6, 6.07) is 8.56. The van der Waals surface area contributed by atoms with Crippen molar-refractivity contribution in [2.75, 3.05) is 0 Å². The summed E-state index contributed by atoms with van der Waals surface area (Å²) >= 11 is 5.88. The Hall–Kier alpha value is -0.570. The molecule has 0 aliphatic rings. The third-order valence-electron chi connectivity index (χ3n) is 2.86. The van der Waals surface area contributed by atoms with Crippen molar-refractivity contribution in [3.63, 3.8) is 0 Å². The van der Waals surface area contributed by atoms with Crippen molar-refractivity contribution in [3.05, 3.63) is 34.9 Å². The van der Waals surface area contributed by atoms with Gasteiger partial charge in [0.05, 0.1) is 6.10 Å². The third kappa shape index (κ3) is 5.07. The first-order valence-electron chi connectivity index (χ1n) is 6.22. The van der Waals surface area contributed by atoms with Crippen molar-refractivity contribution in [1.29, 1.82) is 0 Å². The van der Waals surface area contributed by atoms with Crippen molar-refractivity contribution < 1.29 is 5.11 Å². The molecule has 0 heterocycles. The summed E-state index contributed by atoms with van der Waals surface area (Å²) in [7, 11) is 0. The molecule has 2 N–H and O–H groups in total. The van der Waals surface area contributed by atoms with Gasteiger partial charge in [0.25, 0.3) is 0 Å². The molecule has 17 heavy (non-hydrogen) atoms. The lowest BCUT2D eigenvalue weighted by molar-refractivity contribution is 0.167. The summed E-state index contributed by atoms with van der Waals surface area (Å²) in [4.78, 5) is 0. The average Bonchev–Trinajstić information content (AvgIpc) is 2.26. The Morgan fingerprint density at radius 1 is 1.24 bits per heavy atom. The van der Waals surface area contributed by atoms with Crippen LogP contribution in [0.5, 0.6) is 0 Å². The molecule has 1 rings (SSSR count). The molecule has 0 radical (unpaired) electrons. The van der Waals surface area contributed by atoms with E-state index in [1.807, 2.05) is 19.1 Å². The lowest BCUT2D eigenvalue weighted by Gasteiger charge is -2.23. The van der Waals surface area contributed by atoms with E-state index in [4.69, 9.17) is 11.6 Å². The molecular formula is C14H22ClNO. The number of hydrogen-bond donors (Lipinski definition) is 2. The Balaban J connectivity index is 2.62. The summed E-state index contributed by atoms with van der Waals surface area (Å²) in [5, 5.41) is 13.7. The van der Waals surface area contributed by atoms with Gasteiger partial charge in [0.1, 0.15) is 0 Å². The monoisotopic (exact) mass is 255 g/mol. The van der Waals surface area contributed by atoms with Crippen LogP contribution in [0.15, 0.2) is 24.3 Å². The van der Waals surface area contributed by atoms with Crippen LogP contribution in [-0.2, 0) is 0 Å². The quantitative estimate of drug-likeness (QED) is 0.815. The van der Waals surface area contributed by atoms with Crippen LogP contribution >= 0.6 is 11.6 Å². The third-order valence-corrected chi connectivity index (χ3v) is 3.11. The zero-order valence-electron chi connectivity index (χ0n) is 10.8. The van der Waals surface area contributed by atoms with Crippen LogP contribution in [0, 0.1) is 0 Å². The second kappa shape index (κ2) is 7.00. The highest BCUT2D eigenvalue weighted by Crippen LogP contribution is 2.20. The zero-order chi connectivity index (χ0) is 12.8. The highest BCUT2D eigenvalue weighted by molar-refractivity contribution is 6.30. The van der Waals surface area contributed by atoms with E-state index in [-0.39, 0.29) is 6.10 Å². The van der Waals surface area contributed by atoms with Crippen molar-refractivity contribution in [2.45, 2.75) is 51.8 Å². The lowest BCUT2D eigenvalue weighted by atomic mass is 10.0. The second-order valence-electron chi connectivity index (χ2n) is 4.66. The molecule has 2 nitrogen and oxygen atoms in total. The van der Waals surface area contributed by atoms with Crippen molar-refractivity contribution in [3.8, 4) is 0 Å². The Kier molecular flexibility index (Phi) is 5.96. The fourth-order valence-electron chi connectivity index (χ4n) is 2.07. The highest BCUT2D eigenvalue weighted by atomic mass is 35.5. The van der Waals surface area contributed by atoms with Gasteiger partial charge < -0.3 is 10.4 Å². The van der Waals surface area contributed by atoms with Gasteiger partial charge in [-0.3, -0.25) is 0 Å². The average molecular weight is 256 g/mol. The molecule has 0 saturated heterocycles. The van der Waals surface area contributed by atoms with E-state index in [1.165, 1.54) is 5.56 Å². The minimum atomic E-state index is -0.264. The van der Waals surface area contributed by atoms with Crippen LogP contribution in [0.4, 0.5) is 0 Å². The Labute approximate surface area is 109 Å². The van der Waals surface area contributed by atoms with Gasteiger partial charge in [-0.25, -0.2) is 0 Å². The van der Waals surface area contributed by atoms with Crippen molar-refractivity contribution in [1.82, 2.24) is 5.32 Å². The standard InChI is InChI=1S/C14H22ClNO/c1-4-14(16-10(2)9-11(3)17)12-5-7-13(15)8-6-12/h5-8,10-11,14,16-17H,4,9H2,1-3H3. The molecule has 0 aliphatic carbocycles. The normalized spacial score (nSPS) is 16.5. The van der Waals surface area contributed by atoms with E-state index < -0.39 is 0 Å². The van der Waals surface area contributed by atoms with E-state index in [9.17, 15) is 5.11 Å². The summed E-state index contributed by atoms with van der Waals surface area (Å²) < 4.78 is 0. The lowest BCUT2D eigenvalue weighted by Crippen LogP contribution is -2.32. The molecule has 1 aromatic carbocycles. The van der Waals surface area contributed by atoms with E-state index >= 15 is 0 Å². The fourth-order valence-corrected chi connectivity index (χ4v) is 2.19. The number of aliphatic hydroxyl groups excluding tert-OH is 1. The van der Waals surface area contributed by atoms with Crippen LogP contribution < -0.4 is 5.32 Å². The molecule has 0 fully saturated rings. The van der Waals surface area contributed by atoms with Gasteiger partial charge in [0.2, 0.25) is 0 Å². The van der Waals surface area contributed by atoms with Crippen LogP contribution in [0.3, 0.4) is 0 Å². The van der Waals surface area contributed by atoms with Crippen LogP contribution in [-0.4, -0.2) is 17.3 Å². The second-order valence-corrected chi connectivity index (χ2v) is 5.10. The topological polar surface area (TPSA) is 32.3 Å². The summed E-state index contributed by atoms with van der Waals surface area (Å²) in [6.45, 7) is 6.08. The molecule has 0 aliphatic heterocycles. The molecule has 0 bridgehead atoms. The maximum absolute atomic E-state index is 9.36. The van der Waals surface area contributed by atoms with Gasteiger partial charge >= 0.3 is 0 Å². The molecule has 3 heteroatoms. The molecule has 3 unspecified atom stereocenters. The number of benzene rings is 1. The van der Waals surface area contributed by atoms with E-state index in [2.05, 4.69) is 31.3 Å². The van der Waals surface area contributed by atoms with Crippen molar-refractivity contribution >= 4 is 11.6 Å². The first-order chi connectivity index (χ1) is 8.02. The Morgan fingerprint density at radius 2 is 1.82 bits per heavy atom. The summed E-state index contributed by atoms with van der Waals surface area (Å²) in [6.07, 6.45) is 1.52. The predicted molar refractivity (Wildman–Crippen MR) is 73.4 cm³/mol. The van der Waals surface area contributed by atoms with Crippen molar-refractivity contribution in [2.24, 2.45) is 0 Å². The number of aliphatic hydroxyl groups is 1. The zero-order valence-corrected chi connectivity index (χ0v) is 11.5. The SMILES string of the molecule is CCC(NC(C)CC(C)O)c1ccc(Cl)cc1. The van der Waals surface area contributed by atoms with E-state index in [0.717, 1.165) is 17.9 Å². The van der Waals surface area contributed by atoms with Crippen LogP contribution in [0.2, 0.25) is 5.02 Å². The molecular weight excluding hydrogens is 234 g/mol. The minimum Gasteiger partial charge on any atom is -0.393 e. The molecule has 96 valence electrons. The molecule has 0 amide bonds. The maximum atomic E-state index is 9.36. The van der Waals surface area contributed by atoms with Gasteiger partial charge in [-0.05, 0) is 44.4 Å². The number of rotatable bonds is 6. The summed E-state index contributed by atoms with van der Waals surface area (Å²) in [5.41, 5.74) is 1.24. The largest absolute Gasteiger partial charge is 0.393 e. The molecule has 0 aromatic heterocycles. The number of nitrogens with one attached hydrogen (secondary N) is 1. The van der Waals surface area contributed by atoms with Gasteiger partial charge in [-0.15, -0.1) is 0 Å².